The molecule has 2 N–H and O–H groups in total. The third-order valence-corrected chi connectivity index (χ3v) is 1.29. The van der Waals surface area contributed by atoms with E-state index in [1.165, 1.54) is 18.2 Å². The SMILES string of the molecule is Oc1ccc([S])c(O)c1. The number of phenols is 2. The van der Waals surface area contributed by atoms with Crippen molar-refractivity contribution in [2.75, 3.05) is 0 Å². The maximum Gasteiger partial charge on any atom is 0.137 e. The molecule has 0 aromatic heterocycles. The van der Waals surface area contributed by atoms with Crippen molar-refractivity contribution in [1.82, 2.24) is 0 Å². The highest BCUT2D eigenvalue weighted by Gasteiger charge is 1.95. The largest absolute Gasteiger partial charge is 0.508 e. The van der Waals surface area contributed by atoms with Crippen LogP contribution in [0.2, 0.25) is 0 Å². The van der Waals surface area contributed by atoms with Gasteiger partial charge in [-0.1, -0.05) is 12.6 Å². The van der Waals surface area contributed by atoms with E-state index in [9.17, 15) is 0 Å². The lowest BCUT2D eigenvalue weighted by Crippen LogP contribution is -1.67. The van der Waals surface area contributed by atoms with Gasteiger partial charge in [0.1, 0.15) is 11.5 Å². The lowest BCUT2D eigenvalue weighted by atomic mass is 10.3. The van der Waals surface area contributed by atoms with Gasteiger partial charge in [0.2, 0.25) is 0 Å². The van der Waals surface area contributed by atoms with Crippen LogP contribution in [0.5, 0.6) is 11.5 Å². The van der Waals surface area contributed by atoms with E-state index in [0.717, 1.165) is 0 Å². The molecule has 0 amide bonds. The zero-order chi connectivity index (χ0) is 6.85. The topological polar surface area (TPSA) is 40.5 Å². The van der Waals surface area contributed by atoms with Crippen molar-refractivity contribution in [2.24, 2.45) is 0 Å². The number of hydrogen-bond donors (Lipinski definition) is 2. The van der Waals surface area contributed by atoms with Gasteiger partial charge in [0.25, 0.3) is 0 Å². The molecule has 0 fully saturated rings. The molecule has 0 spiro atoms. The smallest absolute Gasteiger partial charge is 0.137 e. The summed E-state index contributed by atoms with van der Waals surface area (Å²) in [5.74, 6) is -0.0221. The van der Waals surface area contributed by atoms with Crippen LogP contribution in [0.15, 0.2) is 23.1 Å². The molecule has 9 heavy (non-hydrogen) atoms. The highest BCUT2D eigenvalue weighted by Crippen LogP contribution is 2.24. The van der Waals surface area contributed by atoms with Crippen LogP contribution < -0.4 is 0 Å². The van der Waals surface area contributed by atoms with Crippen LogP contribution in [0.25, 0.3) is 0 Å². The van der Waals surface area contributed by atoms with Crippen molar-refractivity contribution in [3.05, 3.63) is 18.2 Å². The third-order valence-electron chi connectivity index (χ3n) is 0.943. The summed E-state index contributed by atoms with van der Waals surface area (Å²) in [6.45, 7) is 0. The van der Waals surface area contributed by atoms with Crippen LogP contribution in [0.3, 0.4) is 0 Å². The van der Waals surface area contributed by atoms with Gasteiger partial charge in [0.05, 0.1) is 4.90 Å². The summed E-state index contributed by atoms with van der Waals surface area (Å²) in [5.41, 5.74) is 0. The minimum atomic E-state index is -0.0509. The molecular formula is C6H5O2S. The summed E-state index contributed by atoms with van der Waals surface area (Å²) in [5, 5.41) is 17.6. The van der Waals surface area contributed by atoms with E-state index in [2.05, 4.69) is 12.6 Å². The molecule has 1 aromatic carbocycles. The van der Waals surface area contributed by atoms with Gasteiger partial charge >= 0.3 is 0 Å². The Morgan fingerprint density at radius 3 is 2.33 bits per heavy atom. The first-order chi connectivity index (χ1) is 4.20. The van der Waals surface area contributed by atoms with E-state index >= 15 is 0 Å². The summed E-state index contributed by atoms with van der Waals surface area (Å²) < 4.78 is 0. The Morgan fingerprint density at radius 1 is 1.22 bits per heavy atom. The summed E-state index contributed by atoms with van der Waals surface area (Å²) in [4.78, 5) is 0.354. The minimum absolute atomic E-state index is 0.0288. The van der Waals surface area contributed by atoms with Crippen LogP contribution in [-0.4, -0.2) is 10.2 Å². The molecule has 0 atom stereocenters. The van der Waals surface area contributed by atoms with Crippen molar-refractivity contribution in [3.8, 4) is 11.5 Å². The molecule has 0 aliphatic rings. The molecule has 47 valence electrons. The quantitative estimate of drug-likeness (QED) is 0.576. The summed E-state index contributed by atoms with van der Waals surface area (Å²) in [7, 11) is 0. The minimum Gasteiger partial charge on any atom is -0.508 e. The highest BCUT2D eigenvalue weighted by atomic mass is 32.1. The van der Waals surface area contributed by atoms with E-state index in [1.807, 2.05) is 0 Å². The van der Waals surface area contributed by atoms with E-state index < -0.39 is 0 Å². The highest BCUT2D eigenvalue weighted by molar-refractivity contribution is 7.80. The Balaban J connectivity index is 3.17. The molecule has 0 aliphatic carbocycles. The van der Waals surface area contributed by atoms with Crippen LogP contribution in [0, 0.1) is 0 Å². The lowest BCUT2D eigenvalue weighted by molar-refractivity contribution is 0.442. The molecule has 1 radical (unpaired) electrons. The fraction of sp³-hybridized carbons (Fsp3) is 0. The maximum absolute atomic E-state index is 8.84. The van der Waals surface area contributed by atoms with Crippen molar-refractivity contribution in [1.29, 1.82) is 0 Å². The van der Waals surface area contributed by atoms with E-state index in [1.54, 1.807) is 0 Å². The molecule has 0 unspecified atom stereocenters. The van der Waals surface area contributed by atoms with Gasteiger partial charge in [-0.25, -0.2) is 0 Å². The normalized spacial score (nSPS) is 9.33. The number of phenolic OH excluding ortho intramolecular Hbond substituents is 2. The van der Waals surface area contributed by atoms with E-state index in [-0.39, 0.29) is 11.5 Å². The first-order valence-corrected chi connectivity index (χ1v) is 2.80. The van der Waals surface area contributed by atoms with Crippen molar-refractivity contribution in [2.45, 2.75) is 4.90 Å². The van der Waals surface area contributed by atoms with Crippen LogP contribution in [-0.2, 0) is 0 Å². The Hall–Kier alpha value is -0.960. The standard InChI is InChI=1S/C6H5O2S/c7-4-1-2-6(9)5(8)3-4/h1-3,7-8H. The number of rotatable bonds is 0. The molecule has 0 bridgehead atoms. The first kappa shape index (κ1) is 6.16. The second kappa shape index (κ2) is 2.11. The van der Waals surface area contributed by atoms with Crippen molar-refractivity contribution >= 4 is 12.6 Å². The summed E-state index contributed by atoms with van der Waals surface area (Å²) in [6, 6.07) is 4.12. The monoisotopic (exact) mass is 141 g/mol. The van der Waals surface area contributed by atoms with E-state index in [4.69, 9.17) is 10.2 Å². The zero-order valence-electron chi connectivity index (χ0n) is 4.53. The number of benzene rings is 1. The molecule has 1 aromatic rings. The van der Waals surface area contributed by atoms with Crippen LogP contribution in [0.4, 0.5) is 0 Å². The predicted molar refractivity (Wildman–Crippen MR) is 35.6 cm³/mol. The average molecular weight is 141 g/mol. The van der Waals surface area contributed by atoms with Crippen molar-refractivity contribution in [3.63, 3.8) is 0 Å². The fourth-order valence-electron chi connectivity index (χ4n) is 0.506. The average Bonchev–Trinajstić information content (AvgIpc) is 1.80. The third kappa shape index (κ3) is 1.23. The van der Waals surface area contributed by atoms with Gasteiger partial charge < -0.3 is 10.2 Å². The number of aromatic hydroxyl groups is 2. The summed E-state index contributed by atoms with van der Waals surface area (Å²) >= 11 is 4.65. The Bertz CT molecular complexity index is 222. The summed E-state index contributed by atoms with van der Waals surface area (Å²) in [6.07, 6.45) is 0. The fourth-order valence-corrected chi connectivity index (χ4v) is 0.633. The molecule has 0 saturated heterocycles. The molecule has 0 aliphatic heterocycles. The molecular weight excluding hydrogens is 136 g/mol. The van der Waals surface area contributed by atoms with Crippen LogP contribution >= 0.6 is 12.6 Å². The maximum atomic E-state index is 8.84. The van der Waals surface area contributed by atoms with Gasteiger partial charge in [0.15, 0.2) is 0 Å². The Kier molecular flexibility index (Phi) is 1.44. The Morgan fingerprint density at radius 2 is 1.89 bits per heavy atom. The lowest BCUT2D eigenvalue weighted by Gasteiger charge is -1.94. The second-order valence-electron chi connectivity index (χ2n) is 1.65. The van der Waals surface area contributed by atoms with Gasteiger partial charge in [0, 0.05) is 6.07 Å². The van der Waals surface area contributed by atoms with Crippen LogP contribution in [0.1, 0.15) is 0 Å². The second-order valence-corrected chi connectivity index (χ2v) is 2.09. The Labute approximate surface area is 58.2 Å². The number of hydrogen-bond acceptors (Lipinski definition) is 2. The van der Waals surface area contributed by atoms with Gasteiger partial charge in [-0.15, -0.1) is 0 Å². The molecule has 0 heterocycles. The van der Waals surface area contributed by atoms with Gasteiger partial charge in [-0.3, -0.25) is 0 Å². The molecule has 2 nitrogen and oxygen atoms in total. The molecule has 3 heteroatoms. The zero-order valence-corrected chi connectivity index (χ0v) is 5.35. The molecule has 0 saturated carbocycles. The first-order valence-electron chi connectivity index (χ1n) is 2.39. The van der Waals surface area contributed by atoms with Crippen molar-refractivity contribution < 1.29 is 10.2 Å². The molecule has 1 rings (SSSR count). The predicted octanol–water partition coefficient (Wildman–Crippen LogP) is 1.65. The van der Waals surface area contributed by atoms with Gasteiger partial charge in [-0.2, -0.15) is 0 Å². The van der Waals surface area contributed by atoms with Gasteiger partial charge in [-0.05, 0) is 12.1 Å². The van der Waals surface area contributed by atoms with E-state index in [0.29, 0.717) is 4.90 Å².